The van der Waals surface area contributed by atoms with Crippen LogP contribution in [0.1, 0.15) is 0 Å². The van der Waals surface area contributed by atoms with Crippen LogP contribution < -0.4 is 0 Å². The van der Waals surface area contributed by atoms with Crippen LogP contribution in [0.2, 0.25) is 0 Å². The topological polar surface area (TPSA) is 52.6 Å². The molecule has 1 heterocycles. The Bertz CT molecular complexity index is 182. The number of carbonyl (C=O) groups is 2. The maximum atomic E-state index is 9.92. The van der Waals surface area contributed by atoms with Crippen molar-refractivity contribution in [2.45, 2.75) is 0 Å². The Labute approximate surface area is 100 Å². The number of esters is 2. The molecule has 0 atom stereocenters. The summed E-state index contributed by atoms with van der Waals surface area (Å²) in [5.74, 6) is -1.16. The molecule has 0 spiro atoms. The number of carbonyl (C=O) groups excluding carboxylic acids is 2. The molecule has 0 saturated heterocycles. The van der Waals surface area contributed by atoms with Gasteiger partial charge in [0.2, 0.25) is 0 Å². The third kappa shape index (κ3) is 7.78. The molecule has 0 aromatic carbocycles. The minimum atomic E-state index is -0.579. The van der Waals surface area contributed by atoms with E-state index in [1.807, 2.05) is 0 Å². The second kappa shape index (κ2) is 8.77. The van der Waals surface area contributed by atoms with E-state index in [1.54, 1.807) is 7.11 Å². The van der Waals surface area contributed by atoms with E-state index >= 15 is 0 Å². The molecule has 0 N–H and O–H groups in total. The fourth-order valence-corrected chi connectivity index (χ4v) is 0.303. The van der Waals surface area contributed by atoms with Gasteiger partial charge >= 0.3 is 49.7 Å². The van der Waals surface area contributed by atoms with Crippen molar-refractivity contribution in [3.05, 3.63) is 25.0 Å². The molecule has 0 unspecified atom stereocenters. The number of hydrogen-bond acceptors (Lipinski definition) is 4. The van der Waals surface area contributed by atoms with Gasteiger partial charge in [0.1, 0.15) is 0 Å². The van der Waals surface area contributed by atoms with Gasteiger partial charge in [0.25, 0.3) is 0 Å². The molecule has 64 valence electrons. The van der Waals surface area contributed by atoms with Gasteiger partial charge in [0, 0.05) is 12.2 Å². The van der Waals surface area contributed by atoms with Crippen molar-refractivity contribution < 1.29 is 19.1 Å². The molecule has 1 aliphatic heterocycles. The Kier molecular flexibility index (Phi) is 10.4. The van der Waals surface area contributed by atoms with Crippen molar-refractivity contribution in [1.29, 1.82) is 0 Å². The SMILES string of the molecule is C=COC.O=C1C=CC(=O)O1.[CaH2]. The molecule has 0 saturated carbocycles. The summed E-state index contributed by atoms with van der Waals surface area (Å²) in [7, 11) is 1.56. The summed E-state index contributed by atoms with van der Waals surface area (Å²) in [5.41, 5.74) is 0. The third-order valence-corrected chi connectivity index (χ3v) is 0.723. The average molecular weight is 198 g/mol. The second-order valence-electron chi connectivity index (χ2n) is 1.48. The molecule has 1 rings (SSSR count). The first kappa shape index (κ1) is 14.2. The van der Waals surface area contributed by atoms with Crippen LogP contribution in [0.4, 0.5) is 0 Å². The molecule has 0 aromatic rings. The Morgan fingerprint density at radius 2 is 1.75 bits per heavy atom. The van der Waals surface area contributed by atoms with E-state index in [4.69, 9.17) is 0 Å². The third-order valence-electron chi connectivity index (χ3n) is 0.723. The Balaban J connectivity index is 0. The molecule has 0 fully saturated rings. The molecular weight excluding hydrogens is 188 g/mol. The number of ether oxygens (including phenoxy) is 2. The summed E-state index contributed by atoms with van der Waals surface area (Å²) < 4.78 is 8.28. The van der Waals surface area contributed by atoms with Crippen molar-refractivity contribution in [2.75, 3.05) is 7.11 Å². The van der Waals surface area contributed by atoms with Gasteiger partial charge in [0.05, 0.1) is 13.4 Å². The van der Waals surface area contributed by atoms with Crippen LogP contribution in [0.3, 0.4) is 0 Å². The molecule has 0 bridgehead atoms. The van der Waals surface area contributed by atoms with Crippen molar-refractivity contribution in [1.82, 2.24) is 0 Å². The van der Waals surface area contributed by atoms with Crippen molar-refractivity contribution >= 4 is 49.7 Å². The van der Waals surface area contributed by atoms with Crippen LogP contribution in [-0.2, 0) is 19.1 Å². The second-order valence-corrected chi connectivity index (χ2v) is 1.48. The number of hydrogen-bond donors (Lipinski definition) is 0. The summed E-state index contributed by atoms with van der Waals surface area (Å²) in [6.45, 7) is 3.26. The number of cyclic esters (lactones) is 2. The van der Waals surface area contributed by atoms with E-state index in [0.29, 0.717) is 0 Å². The van der Waals surface area contributed by atoms with Gasteiger partial charge in [-0.1, -0.05) is 6.58 Å². The molecule has 5 heteroatoms. The van der Waals surface area contributed by atoms with E-state index in [9.17, 15) is 9.59 Å². The van der Waals surface area contributed by atoms with E-state index in [-0.39, 0.29) is 37.7 Å². The standard InChI is InChI=1S/C4H2O3.C3H6O.Ca.2H/c5-3-1-2-4(6)7-3;1-3-4-2;;;/h1-2H;3H,1H2,2H3;;;. The molecule has 1 aliphatic rings. The summed E-state index contributed by atoms with van der Waals surface area (Å²) in [6, 6.07) is 0. The number of rotatable bonds is 1. The fourth-order valence-electron chi connectivity index (χ4n) is 0.303. The molecule has 4 nitrogen and oxygen atoms in total. The quantitative estimate of drug-likeness (QED) is 0.246. The first-order valence-electron chi connectivity index (χ1n) is 2.78. The van der Waals surface area contributed by atoms with Crippen LogP contribution >= 0.6 is 0 Å². The Morgan fingerprint density at radius 3 is 1.83 bits per heavy atom. The van der Waals surface area contributed by atoms with Gasteiger partial charge in [-0.15, -0.1) is 0 Å². The summed E-state index contributed by atoms with van der Waals surface area (Å²) in [6.07, 6.45) is 3.55. The van der Waals surface area contributed by atoms with Crippen molar-refractivity contribution in [2.24, 2.45) is 0 Å². The van der Waals surface area contributed by atoms with Crippen LogP contribution in [0.25, 0.3) is 0 Å². The van der Waals surface area contributed by atoms with Crippen LogP contribution in [0, 0.1) is 0 Å². The average Bonchev–Trinajstić information content (AvgIpc) is 2.35. The Hall–Kier alpha value is -0.320. The van der Waals surface area contributed by atoms with Gasteiger partial charge in [-0.05, 0) is 0 Å². The first-order valence-corrected chi connectivity index (χ1v) is 2.78. The first-order chi connectivity index (χ1) is 5.20. The molecule has 0 aliphatic carbocycles. The van der Waals surface area contributed by atoms with Gasteiger partial charge in [-0.3, -0.25) is 0 Å². The van der Waals surface area contributed by atoms with Crippen LogP contribution in [0.15, 0.2) is 25.0 Å². The fraction of sp³-hybridized carbons (Fsp3) is 0.143. The zero-order valence-corrected chi connectivity index (χ0v) is 6.07. The van der Waals surface area contributed by atoms with E-state index in [2.05, 4.69) is 16.1 Å². The predicted molar refractivity (Wildman–Crippen MR) is 46.0 cm³/mol. The normalized spacial score (nSPS) is 12.1. The van der Waals surface area contributed by atoms with Gasteiger partial charge in [-0.2, -0.15) is 0 Å². The van der Waals surface area contributed by atoms with Gasteiger partial charge in [0.15, 0.2) is 0 Å². The zero-order chi connectivity index (χ0) is 8.69. The molecule has 0 aromatic heterocycles. The summed E-state index contributed by atoms with van der Waals surface area (Å²) in [4.78, 5) is 19.8. The van der Waals surface area contributed by atoms with Crippen LogP contribution in [0.5, 0.6) is 0 Å². The van der Waals surface area contributed by atoms with E-state index < -0.39 is 11.9 Å². The van der Waals surface area contributed by atoms with Gasteiger partial charge in [-0.25, -0.2) is 9.59 Å². The monoisotopic (exact) mass is 198 g/mol. The predicted octanol–water partition coefficient (Wildman–Crippen LogP) is -0.514. The maximum absolute atomic E-state index is 9.92. The van der Waals surface area contributed by atoms with E-state index in [1.165, 1.54) is 6.26 Å². The molecule has 12 heavy (non-hydrogen) atoms. The number of methoxy groups -OCH3 is 1. The molecular formula is C7H10CaO4. The van der Waals surface area contributed by atoms with Crippen LogP contribution in [-0.4, -0.2) is 56.8 Å². The van der Waals surface area contributed by atoms with Crippen molar-refractivity contribution in [3.8, 4) is 0 Å². The Morgan fingerprint density at radius 1 is 1.42 bits per heavy atom. The summed E-state index contributed by atoms with van der Waals surface area (Å²) in [5, 5.41) is 0. The zero-order valence-electron chi connectivity index (χ0n) is 6.07. The molecule has 0 amide bonds. The molecule has 0 radical (unpaired) electrons. The summed E-state index contributed by atoms with van der Waals surface area (Å²) >= 11 is 0. The minimum absolute atomic E-state index is 0. The van der Waals surface area contributed by atoms with Crippen molar-refractivity contribution in [3.63, 3.8) is 0 Å². The van der Waals surface area contributed by atoms with Gasteiger partial charge < -0.3 is 9.47 Å². The van der Waals surface area contributed by atoms with E-state index in [0.717, 1.165) is 12.2 Å².